The van der Waals surface area contributed by atoms with Crippen molar-refractivity contribution in [1.29, 1.82) is 0 Å². The maximum Gasteiger partial charge on any atom is 0.307 e. The first-order valence-electron chi connectivity index (χ1n) is 11.9. The van der Waals surface area contributed by atoms with Gasteiger partial charge in [-0.1, -0.05) is 25.3 Å². The number of halogens is 1. The Kier molecular flexibility index (Phi) is 7.00. The smallest absolute Gasteiger partial charge is 0.307 e. The molecule has 0 spiro atoms. The van der Waals surface area contributed by atoms with Crippen LogP contribution in [0.15, 0.2) is 24.3 Å². The molecule has 180 valence electrons. The fourth-order valence-electron chi connectivity index (χ4n) is 5.40. The van der Waals surface area contributed by atoms with Crippen LogP contribution in [0.3, 0.4) is 0 Å². The molecule has 2 aliphatic rings. The minimum absolute atomic E-state index is 0.0910. The number of hydrogen-bond acceptors (Lipinski definition) is 3. The zero-order valence-electron chi connectivity index (χ0n) is 19.7. The highest BCUT2D eigenvalue weighted by atomic mass is 19.1. The lowest BCUT2D eigenvalue weighted by molar-refractivity contribution is -0.136. The second kappa shape index (κ2) is 9.95. The Bertz CT molecular complexity index is 1140. The maximum atomic E-state index is 13.7. The van der Waals surface area contributed by atoms with Crippen molar-refractivity contribution in [2.24, 2.45) is 0 Å². The lowest BCUT2D eigenvalue weighted by Gasteiger charge is -2.24. The average Bonchev–Trinajstić information content (AvgIpc) is 3.25. The van der Waals surface area contributed by atoms with Crippen molar-refractivity contribution in [3.8, 4) is 0 Å². The van der Waals surface area contributed by atoms with Gasteiger partial charge < -0.3 is 15.3 Å². The average molecular weight is 467 g/mol. The summed E-state index contributed by atoms with van der Waals surface area (Å²) in [6.45, 7) is 4.46. The first-order valence-corrected chi connectivity index (χ1v) is 11.9. The maximum absolute atomic E-state index is 13.7. The number of amides is 2. The van der Waals surface area contributed by atoms with Crippen molar-refractivity contribution in [2.45, 2.75) is 77.9 Å². The molecule has 1 aliphatic heterocycles. The molecule has 2 amide bonds. The van der Waals surface area contributed by atoms with Gasteiger partial charge >= 0.3 is 5.97 Å². The van der Waals surface area contributed by atoms with E-state index in [-0.39, 0.29) is 36.3 Å². The predicted molar refractivity (Wildman–Crippen MR) is 126 cm³/mol. The normalized spacial score (nSPS) is 15.8. The largest absolute Gasteiger partial charge is 0.481 e. The van der Waals surface area contributed by atoms with E-state index in [1.165, 1.54) is 24.6 Å². The molecule has 34 heavy (non-hydrogen) atoms. The van der Waals surface area contributed by atoms with Gasteiger partial charge in [-0.05, 0) is 78.3 Å². The minimum Gasteiger partial charge on any atom is -0.481 e. The van der Waals surface area contributed by atoms with E-state index < -0.39 is 11.8 Å². The van der Waals surface area contributed by atoms with Crippen molar-refractivity contribution in [1.82, 2.24) is 10.2 Å². The highest BCUT2D eigenvalue weighted by Crippen LogP contribution is 2.35. The number of rotatable bonds is 6. The van der Waals surface area contributed by atoms with Gasteiger partial charge in [0, 0.05) is 24.7 Å². The Morgan fingerprint density at radius 3 is 2.21 bits per heavy atom. The Morgan fingerprint density at radius 1 is 1.00 bits per heavy atom. The van der Waals surface area contributed by atoms with Gasteiger partial charge in [-0.15, -0.1) is 0 Å². The van der Waals surface area contributed by atoms with Crippen LogP contribution in [0, 0.1) is 19.7 Å². The summed E-state index contributed by atoms with van der Waals surface area (Å²) in [5.41, 5.74) is 5.24. The van der Waals surface area contributed by atoms with E-state index in [4.69, 9.17) is 0 Å². The molecular weight excluding hydrogens is 435 g/mol. The van der Waals surface area contributed by atoms with Crippen molar-refractivity contribution in [3.63, 3.8) is 0 Å². The van der Waals surface area contributed by atoms with E-state index in [2.05, 4.69) is 5.32 Å². The molecule has 1 saturated carbocycles. The highest BCUT2D eigenvalue weighted by Gasteiger charge is 2.31. The van der Waals surface area contributed by atoms with Gasteiger partial charge in [0.1, 0.15) is 5.82 Å². The zero-order chi connectivity index (χ0) is 24.4. The van der Waals surface area contributed by atoms with Crippen molar-refractivity contribution in [3.05, 3.63) is 69.0 Å². The molecule has 6 nitrogen and oxygen atoms in total. The Labute approximate surface area is 199 Å². The molecule has 0 atom stereocenters. The van der Waals surface area contributed by atoms with Crippen LogP contribution in [0.1, 0.15) is 75.8 Å². The minimum atomic E-state index is -0.956. The summed E-state index contributed by atoms with van der Waals surface area (Å²) >= 11 is 0. The van der Waals surface area contributed by atoms with E-state index in [9.17, 15) is 23.9 Å². The summed E-state index contributed by atoms with van der Waals surface area (Å²) in [5, 5.41) is 12.7. The molecule has 0 saturated heterocycles. The lowest BCUT2D eigenvalue weighted by atomic mass is 9.86. The number of nitrogens with one attached hydrogen (secondary N) is 1. The monoisotopic (exact) mass is 466 g/mol. The summed E-state index contributed by atoms with van der Waals surface area (Å²) in [4.78, 5) is 39.3. The van der Waals surface area contributed by atoms with Crippen LogP contribution < -0.4 is 5.32 Å². The van der Waals surface area contributed by atoms with Gasteiger partial charge in [-0.2, -0.15) is 0 Å². The quantitative estimate of drug-likeness (QED) is 0.668. The Morgan fingerprint density at radius 2 is 1.62 bits per heavy atom. The van der Waals surface area contributed by atoms with E-state index in [1.54, 1.807) is 11.0 Å². The molecule has 0 unspecified atom stereocenters. The van der Waals surface area contributed by atoms with Crippen molar-refractivity contribution >= 4 is 17.8 Å². The van der Waals surface area contributed by atoms with Crippen LogP contribution in [0.2, 0.25) is 0 Å². The van der Waals surface area contributed by atoms with Gasteiger partial charge in [0.2, 0.25) is 5.91 Å². The molecule has 4 rings (SSSR count). The first kappa shape index (κ1) is 23.9. The van der Waals surface area contributed by atoms with E-state index in [0.717, 1.165) is 53.5 Å². The zero-order valence-corrected chi connectivity index (χ0v) is 19.7. The molecule has 0 bridgehead atoms. The van der Waals surface area contributed by atoms with Gasteiger partial charge in [0.25, 0.3) is 5.91 Å². The topological polar surface area (TPSA) is 86.7 Å². The molecule has 2 N–H and O–H groups in total. The van der Waals surface area contributed by atoms with Gasteiger partial charge in [0.05, 0.1) is 12.8 Å². The molecule has 2 aromatic carbocycles. The number of aliphatic carboxylic acids is 1. The van der Waals surface area contributed by atoms with Crippen molar-refractivity contribution in [2.75, 3.05) is 0 Å². The first-order chi connectivity index (χ1) is 16.2. The number of carboxylic acids is 1. The molecule has 1 fully saturated rings. The lowest BCUT2D eigenvalue weighted by Crippen LogP contribution is -2.37. The summed E-state index contributed by atoms with van der Waals surface area (Å²) in [6, 6.07) is 5.80. The predicted octanol–water partition coefficient (Wildman–Crippen LogP) is 4.22. The van der Waals surface area contributed by atoms with E-state index >= 15 is 0 Å². The number of nitrogens with zero attached hydrogens (tertiary/aromatic N) is 1. The standard InChI is InChI=1S/C27H31FN2O4/c1-16-21(12-25(31)29-20-9-4-3-5-10-20)22(13-26(32)33)17(2)24-15-30(14-23(16)24)27(34)18-7-6-8-19(28)11-18/h6-8,11,20H,3-5,9-10,12-15H2,1-2H3,(H,29,31)(H,32,33). The molecular formula is C27H31FN2O4. The van der Waals surface area contributed by atoms with E-state index in [0.29, 0.717) is 18.7 Å². The van der Waals surface area contributed by atoms with Gasteiger partial charge in [-0.3, -0.25) is 14.4 Å². The summed E-state index contributed by atoms with van der Waals surface area (Å²) < 4.78 is 13.7. The van der Waals surface area contributed by atoms with Crippen LogP contribution in [0.5, 0.6) is 0 Å². The van der Waals surface area contributed by atoms with Crippen LogP contribution in [0.25, 0.3) is 0 Å². The second-order valence-corrected chi connectivity index (χ2v) is 9.49. The summed E-state index contributed by atoms with van der Waals surface area (Å²) in [6.07, 6.45) is 5.33. The fraction of sp³-hybridized carbons (Fsp3) is 0.444. The Balaban J connectivity index is 1.63. The molecule has 0 aromatic heterocycles. The van der Waals surface area contributed by atoms with Crippen LogP contribution in [-0.4, -0.2) is 33.8 Å². The summed E-state index contributed by atoms with van der Waals surface area (Å²) in [5.74, 6) is -1.79. The van der Waals surface area contributed by atoms with E-state index in [1.807, 2.05) is 13.8 Å². The third-order valence-electron chi connectivity index (χ3n) is 7.23. The van der Waals surface area contributed by atoms with Gasteiger partial charge in [-0.25, -0.2) is 4.39 Å². The molecule has 2 aromatic rings. The second-order valence-electron chi connectivity index (χ2n) is 9.49. The third kappa shape index (κ3) is 4.98. The number of carbonyl (C=O) groups excluding carboxylic acids is 2. The third-order valence-corrected chi connectivity index (χ3v) is 7.23. The highest BCUT2D eigenvalue weighted by molar-refractivity contribution is 5.94. The molecule has 0 radical (unpaired) electrons. The molecule has 1 aliphatic carbocycles. The number of carbonyl (C=O) groups is 3. The number of fused-ring (bicyclic) bond motifs is 1. The number of carboxylic acid groups (broad SMARTS) is 1. The van der Waals surface area contributed by atoms with Gasteiger partial charge in [0.15, 0.2) is 0 Å². The number of benzene rings is 2. The summed E-state index contributed by atoms with van der Waals surface area (Å²) in [7, 11) is 0. The van der Waals surface area contributed by atoms with Crippen LogP contribution in [-0.2, 0) is 35.5 Å². The van der Waals surface area contributed by atoms with Crippen LogP contribution in [0.4, 0.5) is 4.39 Å². The fourth-order valence-corrected chi connectivity index (χ4v) is 5.40. The number of hydrogen-bond donors (Lipinski definition) is 2. The molecule has 1 heterocycles. The van der Waals surface area contributed by atoms with Crippen LogP contribution >= 0.6 is 0 Å². The van der Waals surface area contributed by atoms with Crippen molar-refractivity contribution < 1.29 is 23.9 Å². The SMILES string of the molecule is Cc1c(CC(=O)O)c(CC(=O)NC2CCCCC2)c(C)c2c1CN(C(=O)c1cccc(F)c1)C2. The Hall–Kier alpha value is -3.22. The molecule has 7 heteroatoms.